The maximum Gasteiger partial charge on any atom is 0.236 e. The minimum atomic E-state index is 0. The summed E-state index contributed by atoms with van der Waals surface area (Å²) in [5.41, 5.74) is 0. The fourth-order valence-electron chi connectivity index (χ4n) is 1.50. The van der Waals surface area contributed by atoms with Gasteiger partial charge in [-0.25, -0.2) is 0 Å². The number of nitrogens with zero attached hydrogens (tertiary/aromatic N) is 1. The summed E-state index contributed by atoms with van der Waals surface area (Å²) >= 11 is 0. The zero-order valence-electron chi connectivity index (χ0n) is 10.2. The van der Waals surface area contributed by atoms with Gasteiger partial charge >= 0.3 is 0 Å². The molecule has 1 aliphatic rings. The summed E-state index contributed by atoms with van der Waals surface area (Å²) < 4.78 is 4.90. The molecule has 0 aliphatic heterocycles. The molecule has 4 nitrogen and oxygen atoms in total. The monoisotopic (exact) mass is 250 g/mol. The highest BCUT2D eigenvalue weighted by atomic mass is 35.5. The van der Waals surface area contributed by atoms with Crippen molar-refractivity contribution < 1.29 is 9.53 Å². The summed E-state index contributed by atoms with van der Waals surface area (Å²) in [5.74, 6) is 0.980. The third-order valence-corrected chi connectivity index (χ3v) is 2.67. The number of carbonyl (C=O) groups is 1. The lowest BCUT2D eigenvalue weighted by Crippen LogP contribution is -2.40. The second kappa shape index (κ2) is 8.79. The highest BCUT2D eigenvalue weighted by Crippen LogP contribution is 2.29. The molecule has 1 aliphatic carbocycles. The molecule has 0 heterocycles. The molecular weight excluding hydrogens is 228 g/mol. The summed E-state index contributed by atoms with van der Waals surface area (Å²) in [5, 5.41) is 3.08. The normalized spacial score (nSPS) is 14.4. The SMILES string of the molecule is CCN(CC1CC1)C(=O)CNCCOC.Cl. The number of halogens is 1. The maximum absolute atomic E-state index is 11.7. The molecular formula is C11H23ClN2O2. The number of amides is 1. The quantitative estimate of drug-likeness (QED) is 0.651. The number of methoxy groups -OCH3 is 1. The molecule has 1 amide bonds. The van der Waals surface area contributed by atoms with Gasteiger partial charge in [0.25, 0.3) is 0 Å². The Bertz CT molecular complexity index is 198. The molecule has 0 aromatic rings. The van der Waals surface area contributed by atoms with E-state index in [4.69, 9.17) is 4.74 Å². The van der Waals surface area contributed by atoms with Gasteiger partial charge < -0.3 is 15.0 Å². The van der Waals surface area contributed by atoms with Crippen molar-refractivity contribution in [3.8, 4) is 0 Å². The fourth-order valence-corrected chi connectivity index (χ4v) is 1.50. The van der Waals surface area contributed by atoms with E-state index in [-0.39, 0.29) is 18.3 Å². The first kappa shape index (κ1) is 15.7. The number of rotatable bonds is 8. The Balaban J connectivity index is 0.00000225. The minimum Gasteiger partial charge on any atom is -0.383 e. The zero-order valence-corrected chi connectivity index (χ0v) is 11.0. The second-order valence-electron chi connectivity index (χ2n) is 4.05. The molecule has 0 unspecified atom stereocenters. The molecule has 0 atom stereocenters. The lowest BCUT2D eigenvalue weighted by Gasteiger charge is -2.20. The summed E-state index contributed by atoms with van der Waals surface area (Å²) in [7, 11) is 1.66. The Kier molecular flexibility index (Phi) is 8.61. The predicted octanol–water partition coefficient (Wildman–Crippen LogP) is 0.903. The minimum absolute atomic E-state index is 0. The average Bonchev–Trinajstić information content (AvgIpc) is 3.04. The molecule has 1 fully saturated rings. The first-order valence-electron chi connectivity index (χ1n) is 5.75. The second-order valence-corrected chi connectivity index (χ2v) is 4.05. The van der Waals surface area contributed by atoms with Crippen molar-refractivity contribution in [2.24, 2.45) is 5.92 Å². The standard InChI is InChI=1S/C11H22N2O2.ClH/c1-3-13(9-10-4-5-10)11(14)8-12-6-7-15-2;/h10,12H,3-9H2,1-2H3;1H. The molecule has 0 aromatic heterocycles. The molecule has 5 heteroatoms. The topological polar surface area (TPSA) is 41.6 Å². The van der Waals surface area contributed by atoms with E-state index in [1.807, 2.05) is 11.8 Å². The van der Waals surface area contributed by atoms with Crippen molar-refractivity contribution in [3.63, 3.8) is 0 Å². The Morgan fingerprint density at radius 2 is 2.19 bits per heavy atom. The third kappa shape index (κ3) is 6.30. The number of carbonyl (C=O) groups excluding carboxylic acids is 1. The highest BCUT2D eigenvalue weighted by molar-refractivity contribution is 5.85. The van der Waals surface area contributed by atoms with Crippen LogP contribution in [0.4, 0.5) is 0 Å². The molecule has 0 bridgehead atoms. The molecule has 16 heavy (non-hydrogen) atoms. The van der Waals surface area contributed by atoms with Crippen LogP contribution >= 0.6 is 12.4 Å². The molecule has 1 rings (SSSR count). The van der Waals surface area contributed by atoms with E-state index >= 15 is 0 Å². The van der Waals surface area contributed by atoms with Crippen LogP contribution in [0.2, 0.25) is 0 Å². The molecule has 0 saturated heterocycles. The van der Waals surface area contributed by atoms with Crippen LogP contribution < -0.4 is 5.32 Å². The fraction of sp³-hybridized carbons (Fsp3) is 0.909. The summed E-state index contributed by atoms with van der Waals surface area (Å²) in [6.07, 6.45) is 2.59. The first-order chi connectivity index (χ1) is 7.27. The molecule has 0 spiro atoms. The summed E-state index contributed by atoms with van der Waals surface area (Å²) in [4.78, 5) is 13.7. The lowest BCUT2D eigenvalue weighted by atomic mass is 10.3. The van der Waals surface area contributed by atoms with Crippen LogP contribution in [0.3, 0.4) is 0 Å². The van der Waals surface area contributed by atoms with Gasteiger partial charge in [-0.1, -0.05) is 0 Å². The van der Waals surface area contributed by atoms with Gasteiger partial charge in [0.2, 0.25) is 5.91 Å². The summed E-state index contributed by atoms with van der Waals surface area (Å²) in [6.45, 7) is 5.63. The third-order valence-electron chi connectivity index (χ3n) is 2.67. The maximum atomic E-state index is 11.7. The van der Waals surface area contributed by atoms with Gasteiger partial charge in [0.15, 0.2) is 0 Å². The van der Waals surface area contributed by atoms with Crippen LogP contribution in [0, 0.1) is 5.92 Å². The average molecular weight is 251 g/mol. The van der Waals surface area contributed by atoms with Crippen molar-refractivity contribution in [1.29, 1.82) is 0 Å². The van der Waals surface area contributed by atoms with Gasteiger partial charge in [0.05, 0.1) is 13.2 Å². The Hall–Kier alpha value is -0.320. The predicted molar refractivity (Wildman–Crippen MR) is 67.0 cm³/mol. The molecule has 96 valence electrons. The van der Waals surface area contributed by atoms with Crippen LogP contribution in [0.1, 0.15) is 19.8 Å². The van der Waals surface area contributed by atoms with E-state index in [1.165, 1.54) is 12.8 Å². The van der Waals surface area contributed by atoms with Crippen molar-refractivity contribution in [3.05, 3.63) is 0 Å². The number of hydrogen-bond donors (Lipinski definition) is 1. The van der Waals surface area contributed by atoms with E-state index in [1.54, 1.807) is 7.11 Å². The molecule has 0 aromatic carbocycles. The first-order valence-corrected chi connectivity index (χ1v) is 5.75. The van der Waals surface area contributed by atoms with Crippen molar-refractivity contribution >= 4 is 18.3 Å². The Morgan fingerprint density at radius 3 is 2.69 bits per heavy atom. The molecule has 0 radical (unpaired) electrons. The van der Waals surface area contributed by atoms with Gasteiger partial charge in [-0.2, -0.15) is 0 Å². The van der Waals surface area contributed by atoms with Crippen molar-refractivity contribution in [2.75, 3.05) is 39.9 Å². The number of hydrogen-bond acceptors (Lipinski definition) is 3. The molecule has 1 saturated carbocycles. The van der Waals surface area contributed by atoms with Crippen LogP contribution in [-0.4, -0.2) is 50.7 Å². The van der Waals surface area contributed by atoms with Crippen LogP contribution in [0.25, 0.3) is 0 Å². The van der Waals surface area contributed by atoms with Gasteiger partial charge in [0, 0.05) is 26.7 Å². The van der Waals surface area contributed by atoms with Crippen LogP contribution in [0.5, 0.6) is 0 Å². The Morgan fingerprint density at radius 1 is 1.50 bits per heavy atom. The van der Waals surface area contributed by atoms with E-state index in [0.717, 1.165) is 25.6 Å². The van der Waals surface area contributed by atoms with Gasteiger partial charge in [-0.3, -0.25) is 4.79 Å². The molecule has 1 N–H and O–H groups in total. The number of likely N-dealkylation sites (N-methyl/N-ethyl adjacent to an activating group) is 1. The lowest BCUT2D eigenvalue weighted by molar-refractivity contribution is -0.130. The Labute approximate surface area is 104 Å². The zero-order chi connectivity index (χ0) is 11.1. The van der Waals surface area contributed by atoms with E-state index in [9.17, 15) is 4.79 Å². The number of nitrogens with one attached hydrogen (secondary N) is 1. The van der Waals surface area contributed by atoms with Crippen LogP contribution in [0.15, 0.2) is 0 Å². The van der Waals surface area contributed by atoms with E-state index < -0.39 is 0 Å². The van der Waals surface area contributed by atoms with Crippen molar-refractivity contribution in [2.45, 2.75) is 19.8 Å². The smallest absolute Gasteiger partial charge is 0.236 e. The van der Waals surface area contributed by atoms with Gasteiger partial charge in [0.1, 0.15) is 0 Å². The number of ether oxygens (including phenoxy) is 1. The largest absolute Gasteiger partial charge is 0.383 e. The van der Waals surface area contributed by atoms with Crippen molar-refractivity contribution in [1.82, 2.24) is 10.2 Å². The summed E-state index contributed by atoms with van der Waals surface area (Å²) in [6, 6.07) is 0. The van der Waals surface area contributed by atoms with Crippen LogP contribution in [-0.2, 0) is 9.53 Å². The van der Waals surface area contributed by atoms with Gasteiger partial charge in [-0.05, 0) is 25.7 Å². The van der Waals surface area contributed by atoms with Gasteiger partial charge in [-0.15, -0.1) is 12.4 Å². The van der Waals surface area contributed by atoms with E-state index in [0.29, 0.717) is 13.2 Å². The highest BCUT2D eigenvalue weighted by Gasteiger charge is 2.25. The van der Waals surface area contributed by atoms with E-state index in [2.05, 4.69) is 5.32 Å².